The molecule has 1 aromatic heterocycles. The Morgan fingerprint density at radius 2 is 1.71 bits per heavy atom. The molecular weight excluding hydrogens is 433 g/mol. The van der Waals surface area contributed by atoms with Gasteiger partial charge in [0.25, 0.3) is 0 Å². The second kappa shape index (κ2) is 12.1. The van der Waals surface area contributed by atoms with Gasteiger partial charge in [-0.15, -0.1) is 0 Å². The first-order valence-corrected chi connectivity index (χ1v) is 12.8. The summed E-state index contributed by atoms with van der Waals surface area (Å²) in [5, 5.41) is 10.1. The highest BCUT2D eigenvalue weighted by Gasteiger charge is 2.23. The Balaban J connectivity index is 1.51. The maximum Gasteiger partial charge on any atom is 0.233 e. The van der Waals surface area contributed by atoms with Crippen LogP contribution in [0.25, 0.3) is 0 Å². The lowest BCUT2D eigenvalue weighted by molar-refractivity contribution is 0.277. The van der Waals surface area contributed by atoms with Crippen molar-refractivity contribution in [3.8, 4) is 5.75 Å². The Bertz CT molecular complexity index is 920. The van der Waals surface area contributed by atoms with E-state index in [0.717, 1.165) is 32.5 Å². The van der Waals surface area contributed by atoms with Crippen LogP contribution in [0.3, 0.4) is 0 Å². The Kier molecular flexibility index (Phi) is 8.73. The minimum Gasteiger partial charge on any atom is -0.494 e. The predicted molar refractivity (Wildman–Crippen MR) is 135 cm³/mol. The highest BCUT2D eigenvalue weighted by molar-refractivity contribution is 5.57. The smallest absolute Gasteiger partial charge is 0.233 e. The molecule has 1 aromatic carbocycles. The largest absolute Gasteiger partial charge is 0.494 e. The van der Waals surface area contributed by atoms with E-state index < -0.39 is 5.82 Å². The van der Waals surface area contributed by atoms with E-state index in [-0.39, 0.29) is 5.75 Å². The molecule has 186 valence electrons. The number of hydrogen-bond donors (Lipinski definition) is 3. The van der Waals surface area contributed by atoms with Crippen molar-refractivity contribution < 1.29 is 9.13 Å². The molecule has 1 aliphatic carbocycles. The Hall–Kier alpha value is -2.68. The molecule has 2 aromatic rings. The summed E-state index contributed by atoms with van der Waals surface area (Å²) in [6.45, 7) is 5.18. The summed E-state index contributed by atoms with van der Waals surface area (Å²) < 4.78 is 19.2. The van der Waals surface area contributed by atoms with Gasteiger partial charge in [-0.05, 0) is 50.9 Å². The first kappa shape index (κ1) is 24.4. The van der Waals surface area contributed by atoms with E-state index in [2.05, 4.69) is 42.7 Å². The summed E-state index contributed by atoms with van der Waals surface area (Å²) in [5.41, 5.74) is 0.556. The molecule has 4 rings (SSSR count). The number of anilines is 4. The predicted octanol–water partition coefficient (Wildman–Crippen LogP) is 5.18. The van der Waals surface area contributed by atoms with Gasteiger partial charge in [0, 0.05) is 30.4 Å². The summed E-state index contributed by atoms with van der Waals surface area (Å²) in [7, 11) is 1.45. The minimum absolute atomic E-state index is 0.201. The zero-order valence-corrected chi connectivity index (χ0v) is 20.4. The number of aromatic nitrogens is 3. The lowest BCUT2D eigenvalue weighted by atomic mass is 9.97. The van der Waals surface area contributed by atoms with Crippen LogP contribution in [0.5, 0.6) is 5.75 Å². The highest BCUT2D eigenvalue weighted by Crippen LogP contribution is 2.25. The van der Waals surface area contributed by atoms with Crippen LogP contribution in [0, 0.1) is 5.82 Å². The van der Waals surface area contributed by atoms with Crippen molar-refractivity contribution in [2.24, 2.45) is 0 Å². The Morgan fingerprint density at radius 1 is 0.971 bits per heavy atom. The SMILES string of the molecule is CCN1CCCC1CNc1nc(Nc2ccc(OC)c(F)c2)nc(NC2CCCCCCC2)n1. The summed E-state index contributed by atoms with van der Waals surface area (Å²) in [6, 6.07) is 5.56. The van der Waals surface area contributed by atoms with E-state index in [9.17, 15) is 4.39 Å². The first-order valence-electron chi connectivity index (χ1n) is 12.8. The summed E-state index contributed by atoms with van der Waals surface area (Å²) in [4.78, 5) is 16.4. The van der Waals surface area contributed by atoms with E-state index in [1.807, 2.05) is 0 Å². The van der Waals surface area contributed by atoms with Crippen molar-refractivity contribution in [2.75, 3.05) is 42.7 Å². The van der Waals surface area contributed by atoms with Gasteiger partial charge < -0.3 is 20.7 Å². The molecule has 2 heterocycles. The van der Waals surface area contributed by atoms with E-state index >= 15 is 0 Å². The van der Waals surface area contributed by atoms with Gasteiger partial charge in [-0.2, -0.15) is 15.0 Å². The van der Waals surface area contributed by atoms with Gasteiger partial charge in [0.1, 0.15) is 0 Å². The lowest BCUT2D eigenvalue weighted by Gasteiger charge is -2.23. The molecule has 0 radical (unpaired) electrons. The van der Waals surface area contributed by atoms with Gasteiger partial charge in [0.05, 0.1) is 7.11 Å². The number of hydrogen-bond acceptors (Lipinski definition) is 8. The summed E-state index contributed by atoms with van der Waals surface area (Å²) >= 11 is 0. The van der Waals surface area contributed by atoms with Crippen molar-refractivity contribution in [3.63, 3.8) is 0 Å². The molecule has 3 N–H and O–H groups in total. The van der Waals surface area contributed by atoms with Crippen LogP contribution < -0.4 is 20.7 Å². The van der Waals surface area contributed by atoms with Gasteiger partial charge in [0.2, 0.25) is 17.8 Å². The van der Waals surface area contributed by atoms with Crippen LogP contribution in [-0.4, -0.2) is 58.7 Å². The lowest BCUT2D eigenvalue weighted by Crippen LogP contribution is -2.35. The maximum absolute atomic E-state index is 14.2. The second-order valence-electron chi connectivity index (χ2n) is 9.27. The number of benzene rings is 1. The monoisotopic (exact) mass is 471 g/mol. The second-order valence-corrected chi connectivity index (χ2v) is 9.27. The normalized spacial score (nSPS) is 19.9. The van der Waals surface area contributed by atoms with Crippen LogP contribution in [0.2, 0.25) is 0 Å². The van der Waals surface area contributed by atoms with Crippen LogP contribution in [0.15, 0.2) is 18.2 Å². The molecule has 1 atom stereocenters. The number of methoxy groups -OCH3 is 1. The third-order valence-electron chi connectivity index (χ3n) is 6.88. The van der Waals surface area contributed by atoms with Gasteiger partial charge >= 0.3 is 0 Å². The molecule has 2 fully saturated rings. The molecule has 1 aliphatic heterocycles. The third-order valence-corrected chi connectivity index (χ3v) is 6.88. The molecule has 0 amide bonds. The molecule has 9 heteroatoms. The number of ether oxygens (including phenoxy) is 1. The molecule has 1 saturated carbocycles. The van der Waals surface area contributed by atoms with Crippen molar-refractivity contribution in [1.29, 1.82) is 0 Å². The van der Waals surface area contributed by atoms with E-state index in [0.29, 0.717) is 35.6 Å². The average Bonchev–Trinajstić information content (AvgIpc) is 3.27. The molecule has 0 spiro atoms. The highest BCUT2D eigenvalue weighted by atomic mass is 19.1. The molecule has 2 aliphatic rings. The molecule has 1 saturated heterocycles. The quantitative estimate of drug-likeness (QED) is 0.461. The number of nitrogens with one attached hydrogen (secondary N) is 3. The van der Waals surface area contributed by atoms with Crippen molar-refractivity contribution >= 4 is 23.5 Å². The first-order chi connectivity index (χ1) is 16.6. The molecule has 34 heavy (non-hydrogen) atoms. The zero-order valence-electron chi connectivity index (χ0n) is 20.4. The van der Waals surface area contributed by atoms with Gasteiger partial charge in [-0.1, -0.05) is 39.0 Å². The van der Waals surface area contributed by atoms with Crippen LogP contribution in [-0.2, 0) is 0 Å². The van der Waals surface area contributed by atoms with E-state index in [4.69, 9.17) is 4.74 Å². The standard InChI is InChI=1S/C25H38FN7O/c1-3-33-15-9-12-20(33)17-27-23-30-24(28-18-10-7-5-4-6-8-11-18)32-25(31-23)29-19-13-14-22(34-2)21(26)16-19/h13-14,16,18,20H,3-12,15,17H2,1-2H3,(H3,27,28,29,30,31,32). The van der Waals surface area contributed by atoms with Gasteiger partial charge in [-0.25, -0.2) is 4.39 Å². The molecular formula is C25H38FN7O. The molecule has 8 nitrogen and oxygen atoms in total. The fraction of sp³-hybridized carbons (Fsp3) is 0.640. The van der Waals surface area contributed by atoms with Gasteiger partial charge in [0.15, 0.2) is 11.6 Å². The average molecular weight is 472 g/mol. The fourth-order valence-electron chi connectivity index (χ4n) is 4.98. The topological polar surface area (TPSA) is 87.2 Å². The molecule has 1 unspecified atom stereocenters. The zero-order chi connectivity index (χ0) is 23.8. The van der Waals surface area contributed by atoms with Gasteiger partial charge in [-0.3, -0.25) is 4.90 Å². The Morgan fingerprint density at radius 3 is 2.44 bits per heavy atom. The minimum atomic E-state index is -0.436. The third kappa shape index (κ3) is 6.68. The van der Waals surface area contributed by atoms with Crippen LogP contribution in [0.1, 0.15) is 64.7 Å². The van der Waals surface area contributed by atoms with Crippen molar-refractivity contribution in [1.82, 2.24) is 19.9 Å². The number of likely N-dealkylation sites (tertiary alicyclic amines) is 1. The van der Waals surface area contributed by atoms with E-state index in [1.54, 1.807) is 12.1 Å². The number of halogens is 1. The summed E-state index contributed by atoms with van der Waals surface area (Å²) in [5.74, 6) is 1.23. The summed E-state index contributed by atoms with van der Waals surface area (Å²) in [6.07, 6.45) is 11.0. The Labute approximate surface area is 202 Å². The van der Waals surface area contributed by atoms with Crippen LogP contribution >= 0.6 is 0 Å². The van der Waals surface area contributed by atoms with E-state index in [1.165, 1.54) is 58.1 Å². The van der Waals surface area contributed by atoms with Crippen molar-refractivity contribution in [3.05, 3.63) is 24.0 Å². The van der Waals surface area contributed by atoms with Crippen molar-refractivity contribution in [2.45, 2.75) is 76.8 Å². The number of likely N-dealkylation sites (N-methyl/N-ethyl adjacent to an activating group) is 1. The van der Waals surface area contributed by atoms with Crippen LogP contribution in [0.4, 0.5) is 27.9 Å². The molecule has 0 bridgehead atoms. The maximum atomic E-state index is 14.2. The number of nitrogens with zero attached hydrogens (tertiary/aromatic N) is 4. The fourth-order valence-corrected chi connectivity index (χ4v) is 4.98. The number of rotatable bonds is 9.